The molecule has 0 spiro atoms. The van der Waals surface area contributed by atoms with Gasteiger partial charge in [0, 0.05) is 6.61 Å². The molecule has 0 heterocycles. The Kier molecular flexibility index (Phi) is 66.9. The Morgan fingerprint density at radius 2 is 1.03 bits per heavy atom. The first-order chi connectivity index (χ1) is 16.2. The van der Waals surface area contributed by atoms with E-state index in [0.29, 0.717) is 12.8 Å². The first kappa shape index (κ1) is 50.0. The lowest BCUT2D eigenvalue weighted by molar-refractivity contribution is 0.148. The zero-order valence-electron chi connectivity index (χ0n) is 25.3. The summed E-state index contributed by atoms with van der Waals surface area (Å²) in [7, 11) is -3.68. The van der Waals surface area contributed by atoms with E-state index in [9.17, 15) is 8.42 Å². The minimum atomic E-state index is -3.68. The van der Waals surface area contributed by atoms with Gasteiger partial charge in [-0.05, 0) is 45.7 Å². The number of hydrogen-bond acceptors (Lipinski definition) is 6. The van der Waals surface area contributed by atoms with Crippen LogP contribution in [0.2, 0.25) is 0 Å². The Morgan fingerprint density at radius 3 is 1.26 bits per heavy atom. The summed E-state index contributed by atoms with van der Waals surface area (Å²) in [5.74, 6) is 0. The fourth-order valence-corrected chi connectivity index (χ4v) is 2.21. The van der Waals surface area contributed by atoms with Gasteiger partial charge in [0.2, 0.25) is 0 Å². The third-order valence-electron chi connectivity index (χ3n) is 2.63. The average molecular weight is 515 g/mol. The minimum Gasteiger partial charge on any atom is -0.396 e. The quantitative estimate of drug-likeness (QED) is 0.328. The maximum absolute atomic E-state index is 11.6. The maximum Gasteiger partial charge on any atom is 0.296 e. The number of aliphatic hydroxyl groups is 3. The molecule has 0 saturated carbocycles. The van der Waals surface area contributed by atoms with Crippen molar-refractivity contribution in [2.24, 2.45) is 0 Å². The fourth-order valence-electron chi connectivity index (χ4n) is 1.29. The third-order valence-corrected chi connectivity index (χ3v) is 3.96. The summed E-state index contributed by atoms with van der Waals surface area (Å²) in [5, 5.41) is 25.5. The van der Waals surface area contributed by atoms with Crippen molar-refractivity contribution in [1.29, 1.82) is 0 Å². The van der Waals surface area contributed by atoms with E-state index in [-0.39, 0.29) is 24.2 Å². The number of benzene rings is 1. The average Bonchev–Trinajstić information content (AvgIpc) is 2.87. The Balaban J connectivity index is -0.0000000678. The zero-order chi connectivity index (χ0) is 29.2. The molecular formula is C27H62O6S. The van der Waals surface area contributed by atoms with E-state index in [2.05, 4.69) is 0 Å². The predicted molar refractivity (Wildman–Crippen MR) is 152 cm³/mol. The molecule has 0 radical (unpaired) electrons. The van der Waals surface area contributed by atoms with Crippen molar-refractivity contribution in [2.75, 3.05) is 13.2 Å². The van der Waals surface area contributed by atoms with Gasteiger partial charge in [-0.2, -0.15) is 8.42 Å². The lowest BCUT2D eigenvalue weighted by Crippen LogP contribution is -2.11. The van der Waals surface area contributed by atoms with Gasteiger partial charge in [-0.25, -0.2) is 0 Å². The molecule has 0 fully saturated rings. The highest BCUT2D eigenvalue weighted by Gasteiger charge is 2.14. The van der Waals surface area contributed by atoms with Crippen LogP contribution in [0.15, 0.2) is 29.2 Å². The van der Waals surface area contributed by atoms with Gasteiger partial charge in [0.05, 0.1) is 23.7 Å². The molecule has 0 aliphatic heterocycles. The molecule has 7 heteroatoms. The summed E-state index contributed by atoms with van der Waals surface area (Å²) >= 11 is 0. The van der Waals surface area contributed by atoms with Crippen LogP contribution >= 0.6 is 0 Å². The molecule has 0 bridgehead atoms. The molecule has 0 aliphatic carbocycles. The molecule has 0 unspecified atom stereocenters. The molecule has 3 N–H and O–H groups in total. The Morgan fingerprint density at radius 1 is 0.706 bits per heavy atom. The topological polar surface area (TPSA) is 104 Å². The van der Waals surface area contributed by atoms with Gasteiger partial charge >= 0.3 is 0 Å². The van der Waals surface area contributed by atoms with Crippen LogP contribution in [-0.2, 0) is 14.3 Å². The Hall–Kier alpha value is -0.990. The highest BCUT2D eigenvalue weighted by atomic mass is 32.2. The van der Waals surface area contributed by atoms with Gasteiger partial charge in [-0.15, -0.1) is 0 Å². The van der Waals surface area contributed by atoms with E-state index in [1.165, 1.54) is 12.1 Å². The summed E-state index contributed by atoms with van der Waals surface area (Å²) in [5.41, 5.74) is 0.989. The maximum atomic E-state index is 11.6. The van der Waals surface area contributed by atoms with Crippen LogP contribution in [-0.4, -0.2) is 49.2 Å². The van der Waals surface area contributed by atoms with Crippen LogP contribution < -0.4 is 0 Å². The molecule has 0 aromatic heterocycles. The van der Waals surface area contributed by atoms with Crippen LogP contribution in [0.3, 0.4) is 0 Å². The Bertz CT molecular complexity index is 498. The van der Waals surface area contributed by atoms with E-state index >= 15 is 0 Å². The second kappa shape index (κ2) is 45.5. The molecule has 0 amide bonds. The smallest absolute Gasteiger partial charge is 0.296 e. The van der Waals surface area contributed by atoms with Crippen LogP contribution in [0.25, 0.3) is 0 Å². The summed E-state index contributed by atoms with van der Waals surface area (Å²) < 4.78 is 28.0. The van der Waals surface area contributed by atoms with Gasteiger partial charge < -0.3 is 15.3 Å². The third kappa shape index (κ3) is 44.6. The van der Waals surface area contributed by atoms with E-state index in [1.54, 1.807) is 26.0 Å². The monoisotopic (exact) mass is 514 g/mol. The molecule has 0 aliphatic rings. The molecule has 6 nitrogen and oxygen atoms in total. The minimum absolute atomic E-state index is 0.00607. The molecule has 1 aromatic rings. The van der Waals surface area contributed by atoms with Crippen LogP contribution in [0, 0.1) is 6.92 Å². The van der Waals surface area contributed by atoms with Crippen molar-refractivity contribution >= 4 is 10.1 Å². The highest BCUT2D eigenvalue weighted by molar-refractivity contribution is 7.86. The fraction of sp³-hybridized carbons (Fsp3) is 0.778. The normalized spacial score (nSPS) is 10.1. The molecule has 0 saturated heterocycles. The number of rotatable bonds is 7. The molecule has 1 aromatic carbocycles. The van der Waals surface area contributed by atoms with Crippen molar-refractivity contribution in [2.45, 2.75) is 134 Å². The highest BCUT2D eigenvalue weighted by Crippen LogP contribution is 2.13. The molecule has 212 valence electrons. The van der Waals surface area contributed by atoms with Gasteiger partial charge in [0.1, 0.15) is 0 Å². The molecular weight excluding hydrogens is 452 g/mol. The van der Waals surface area contributed by atoms with Crippen LogP contribution in [0.4, 0.5) is 0 Å². The molecule has 34 heavy (non-hydrogen) atoms. The number of aryl methyl sites for hydroxylation is 1. The van der Waals surface area contributed by atoms with Crippen molar-refractivity contribution < 1.29 is 27.9 Å². The lowest BCUT2D eigenvalue weighted by atomic mass is 10.2. The first-order valence-electron chi connectivity index (χ1n) is 13.1. The van der Waals surface area contributed by atoms with Crippen molar-refractivity contribution in [3.05, 3.63) is 29.8 Å². The van der Waals surface area contributed by atoms with E-state index in [4.69, 9.17) is 19.5 Å². The van der Waals surface area contributed by atoms with Crippen molar-refractivity contribution in [1.82, 2.24) is 0 Å². The van der Waals surface area contributed by atoms with Crippen LogP contribution in [0.1, 0.15) is 115 Å². The lowest BCUT2D eigenvalue weighted by Gasteiger charge is -2.07. The first-order valence-corrected chi connectivity index (χ1v) is 14.5. The predicted octanol–water partition coefficient (Wildman–Crippen LogP) is 7.38. The molecule has 2 atom stereocenters. The van der Waals surface area contributed by atoms with Gasteiger partial charge in [-0.1, -0.05) is 101 Å². The summed E-state index contributed by atoms with van der Waals surface area (Å²) in [6.45, 7) is 29.2. The summed E-state index contributed by atoms with van der Waals surface area (Å²) in [6.07, 6.45) is -0.131. The van der Waals surface area contributed by atoms with E-state index in [1.807, 2.05) is 90.0 Å². The summed E-state index contributed by atoms with van der Waals surface area (Å²) in [4.78, 5) is 0.142. The second-order valence-corrected chi connectivity index (χ2v) is 6.70. The second-order valence-electron chi connectivity index (χ2n) is 5.09. The van der Waals surface area contributed by atoms with E-state index in [0.717, 1.165) is 5.56 Å². The van der Waals surface area contributed by atoms with Crippen molar-refractivity contribution in [3.8, 4) is 0 Å². The Labute approximate surface area is 214 Å². The van der Waals surface area contributed by atoms with Gasteiger partial charge in [-0.3, -0.25) is 4.18 Å². The standard InChI is InChI=1S/C11H16O4S.C4H10O2.6C2H6/c1-9-3-5-11(6-4-9)16(13,14)15-8-7-10(2)12;1-4(6)2-3-5;6*1-2/h3-6,10,12H,7-8H2,1-2H3;4-6H,2-3H2,1H3;6*1-2H3/t10-;4-;;;;;;/m11....../s1. The SMILES string of the molecule is CC.CC.CC.CC.CC.CC.C[C@@H](O)CCO.Cc1ccc(S(=O)(=O)OCC[C@@H](C)O)cc1. The summed E-state index contributed by atoms with van der Waals surface area (Å²) in [6, 6.07) is 6.44. The van der Waals surface area contributed by atoms with Gasteiger partial charge in [0.25, 0.3) is 10.1 Å². The van der Waals surface area contributed by atoms with Gasteiger partial charge in [0.15, 0.2) is 0 Å². The largest absolute Gasteiger partial charge is 0.396 e. The van der Waals surface area contributed by atoms with E-state index < -0.39 is 16.2 Å². The molecule has 1 rings (SSSR count). The zero-order valence-corrected chi connectivity index (χ0v) is 26.1. The van der Waals surface area contributed by atoms with Crippen molar-refractivity contribution in [3.63, 3.8) is 0 Å². The van der Waals surface area contributed by atoms with Crippen LogP contribution in [0.5, 0.6) is 0 Å². The number of hydrogen-bond donors (Lipinski definition) is 3. The number of aliphatic hydroxyl groups excluding tert-OH is 3.